The van der Waals surface area contributed by atoms with Crippen molar-refractivity contribution in [3.63, 3.8) is 0 Å². The van der Waals surface area contributed by atoms with Gasteiger partial charge in [0.15, 0.2) is 21.3 Å². The summed E-state index contributed by atoms with van der Waals surface area (Å²) in [7, 11) is -3.12. The van der Waals surface area contributed by atoms with E-state index in [-0.39, 0.29) is 42.8 Å². The lowest BCUT2D eigenvalue weighted by Gasteiger charge is -2.38. The van der Waals surface area contributed by atoms with Gasteiger partial charge in [0.1, 0.15) is 0 Å². The molecule has 21 heavy (non-hydrogen) atoms. The largest absolute Gasteiger partial charge is 0.454 e. The SMILES string of the molecule is O=C1CN(c2ccc3c(c2)OCO3)[C@H]2CS(=O)(=O)C[C@@H]2N1. The maximum absolute atomic E-state index is 11.8. The molecule has 7 nitrogen and oxygen atoms in total. The summed E-state index contributed by atoms with van der Waals surface area (Å²) in [6.07, 6.45) is 0. The van der Waals surface area contributed by atoms with Crippen LogP contribution in [0.3, 0.4) is 0 Å². The number of nitrogens with zero attached hydrogens (tertiary/aromatic N) is 1. The number of amides is 1. The first-order valence-electron chi connectivity index (χ1n) is 6.68. The zero-order valence-electron chi connectivity index (χ0n) is 11.1. The molecule has 2 saturated heterocycles. The Morgan fingerprint density at radius 3 is 2.86 bits per heavy atom. The highest BCUT2D eigenvalue weighted by molar-refractivity contribution is 7.91. The fraction of sp³-hybridized carbons (Fsp3) is 0.462. The van der Waals surface area contributed by atoms with Crippen molar-refractivity contribution < 1.29 is 22.7 Å². The molecule has 0 spiro atoms. The molecule has 0 unspecified atom stereocenters. The van der Waals surface area contributed by atoms with E-state index in [1.807, 2.05) is 11.0 Å². The molecular formula is C13H14N2O5S. The maximum atomic E-state index is 11.8. The highest BCUT2D eigenvalue weighted by Crippen LogP contribution is 2.37. The number of ether oxygens (including phenoxy) is 2. The normalized spacial score (nSPS) is 29.1. The average molecular weight is 310 g/mol. The highest BCUT2D eigenvalue weighted by Gasteiger charge is 2.45. The van der Waals surface area contributed by atoms with Gasteiger partial charge in [-0.05, 0) is 12.1 Å². The predicted molar refractivity (Wildman–Crippen MR) is 74.3 cm³/mol. The van der Waals surface area contributed by atoms with Gasteiger partial charge in [0.25, 0.3) is 0 Å². The van der Waals surface area contributed by atoms with Crippen molar-refractivity contribution in [1.29, 1.82) is 0 Å². The fourth-order valence-electron chi connectivity index (χ4n) is 3.15. The van der Waals surface area contributed by atoms with Crippen LogP contribution in [0.1, 0.15) is 0 Å². The molecule has 112 valence electrons. The molecule has 1 aromatic rings. The van der Waals surface area contributed by atoms with E-state index in [9.17, 15) is 13.2 Å². The summed E-state index contributed by atoms with van der Waals surface area (Å²) in [6, 6.07) is 4.83. The Labute approximate surface area is 121 Å². The lowest BCUT2D eigenvalue weighted by Crippen LogP contribution is -2.60. The Balaban J connectivity index is 1.71. The number of hydrogen-bond acceptors (Lipinski definition) is 6. The van der Waals surface area contributed by atoms with E-state index >= 15 is 0 Å². The minimum Gasteiger partial charge on any atom is -0.454 e. The lowest BCUT2D eigenvalue weighted by molar-refractivity contribution is -0.121. The van der Waals surface area contributed by atoms with Crippen LogP contribution in [0.5, 0.6) is 11.5 Å². The van der Waals surface area contributed by atoms with Crippen molar-refractivity contribution >= 4 is 21.4 Å². The number of benzene rings is 1. The summed E-state index contributed by atoms with van der Waals surface area (Å²) in [5.41, 5.74) is 0.779. The maximum Gasteiger partial charge on any atom is 0.239 e. The van der Waals surface area contributed by atoms with Gasteiger partial charge in [-0.1, -0.05) is 0 Å². The Morgan fingerprint density at radius 2 is 2.00 bits per heavy atom. The molecule has 4 rings (SSSR count). The number of hydrogen-bond donors (Lipinski definition) is 1. The zero-order valence-corrected chi connectivity index (χ0v) is 11.9. The van der Waals surface area contributed by atoms with Crippen molar-refractivity contribution in [3.05, 3.63) is 18.2 Å². The van der Waals surface area contributed by atoms with Gasteiger partial charge >= 0.3 is 0 Å². The summed E-state index contributed by atoms with van der Waals surface area (Å²) in [5, 5.41) is 2.77. The standard InChI is InChI=1S/C13H14N2O5S/c16-13-4-15(10-6-21(17,18)5-9(10)14-13)8-1-2-11-12(3-8)20-7-19-11/h1-3,9-10H,4-7H2,(H,14,16)/t9-,10-/m0/s1. The molecule has 2 fully saturated rings. The monoisotopic (exact) mass is 310 g/mol. The number of fused-ring (bicyclic) bond motifs is 2. The molecule has 1 amide bonds. The third-order valence-electron chi connectivity index (χ3n) is 4.07. The Bertz CT molecular complexity index is 717. The van der Waals surface area contributed by atoms with Crippen LogP contribution in [-0.4, -0.2) is 51.3 Å². The number of carbonyl (C=O) groups is 1. The number of piperazine rings is 1. The van der Waals surface area contributed by atoms with E-state index in [2.05, 4.69) is 5.32 Å². The first kappa shape index (κ1) is 12.8. The number of nitrogens with one attached hydrogen (secondary N) is 1. The van der Waals surface area contributed by atoms with Gasteiger partial charge in [-0.2, -0.15) is 0 Å². The van der Waals surface area contributed by atoms with E-state index < -0.39 is 9.84 Å². The van der Waals surface area contributed by atoms with Gasteiger partial charge in [-0.3, -0.25) is 4.79 Å². The molecule has 3 aliphatic rings. The summed E-state index contributed by atoms with van der Waals surface area (Å²) in [6.45, 7) is 0.329. The molecule has 8 heteroatoms. The van der Waals surface area contributed by atoms with Gasteiger partial charge in [0.2, 0.25) is 12.7 Å². The quantitative estimate of drug-likeness (QED) is 0.754. The van der Waals surface area contributed by atoms with E-state index in [1.54, 1.807) is 12.1 Å². The molecule has 2 atom stereocenters. The fourth-order valence-corrected chi connectivity index (χ4v) is 5.07. The van der Waals surface area contributed by atoms with E-state index in [0.29, 0.717) is 11.5 Å². The van der Waals surface area contributed by atoms with E-state index in [4.69, 9.17) is 9.47 Å². The number of carbonyl (C=O) groups excluding carboxylic acids is 1. The van der Waals surface area contributed by atoms with Crippen molar-refractivity contribution in [2.45, 2.75) is 12.1 Å². The van der Waals surface area contributed by atoms with Gasteiger partial charge in [-0.15, -0.1) is 0 Å². The van der Waals surface area contributed by atoms with Crippen LogP contribution in [0.2, 0.25) is 0 Å². The molecule has 3 heterocycles. The minimum atomic E-state index is -3.12. The molecule has 0 aliphatic carbocycles. The first-order valence-corrected chi connectivity index (χ1v) is 8.50. The second kappa shape index (κ2) is 4.27. The van der Waals surface area contributed by atoms with E-state index in [1.165, 1.54) is 0 Å². The third kappa shape index (κ3) is 2.10. The van der Waals surface area contributed by atoms with Crippen LogP contribution < -0.4 is 19.7 Å². The van der Waals surface area contributed by atoms with Gasteiger partial charge in [0, 0.05) is 11.8 Å². The smallest absolute Gasteiger partial charge is 0.239 e. The lowest BCUT2D eigenvalue weighted by atomic mass is 10.1. The van der Waals surface area contributed by atoms with Crippen LogP contribution in [-0.2, 0) is 14.6 Å². The summed E-state index contributed by atoms with van der Waals surface area (Å²) >= 11 is 0. The molecule has 1 N–H and O–H groups in total. The number of sulfone groups is 1. The summed E-state index contributed by atoms with van der Waals surface area (Å²) in [5.74, 6) is 1.19. The molecular weight excluding hydrogens is 296 g/mol. The number of anilines is 1. The summed E-state index contributed by atoms with van der Waals surface area (Å²) in [4.78, 5) is 13.7. The number of rotatable bonds is 1. The zero-order chi connectivity index (χ0) is 14.6. The first-order chi connectivity index (χ1) is 10.0. The second-order valence-electron chi connectivity index (χ2n) is 5.48. The highest BCUT2D eigenvalue weighted by atomic mass is 32.2. The Kier molecular flexibility index (Phi) is 2.59. The van der Waals surface area contributed by atoms with Crippen molar-refractivity contribution in [3.8, 4) is 11.5 Å². The van der Waals surface area contributed by atoms with Crippen LogP contribution >= 0.6 is 0 Å². The predicted octanol–water partition coefficient (Wildman–Crippen LogP) is -0.483. The van der Waals surface area contributed by atoms with Crippen LogP contribution in [0.25, 0.3) is 0 Å². The van der Waals surface area contributed by atoms with E-state index in [0.717, 1.165) is 5.69 Å². The van der Waals surface area contributed by atoms with Crippen molar-refractivity contribution in [2.24, 2.45) is 0 Å². The second-order valence-corrected chi connectivity index (χ2v) is 7.64. The molecule has 3 aliphatic heterocycles. The summed E-state index contributed by atoms with van der Waals surface area (Å²) < 4.78 is 34.3. The molecule has 0 aromatic heterocycles. The molecule has 0 radical (unpaired) electrons. The minimum absolute atomic E-state index is 0.00442. The van der Waals surface area contributed by atoms with Crippen molar-refractivity contribution in [1.82, 2.24) is 5.32 Å². The Morgan fingerprint density at radius 1 is 1.19 bits per heavy atom. The van der Waals surface area contributed by atoms with Crippen molar-refractivity contribution in [2.75, 3.05) is 29.7 Å². The van der Waals surface area contributed by atoms with Crippen LogP contribution in [0, 0.1) is 0 Å². The third-order valence-corrected chi connectivity index (χ3v) is 5.79. The molecule has 0 saturated carbocycles. The van der Waals surface area contributed by atoms with Gasteiger partial charge in [-0.25, -0.2) is 8.42 Å². The van der Waals surface area contributed by atoms with Crippen LogP contribution in [0.4, 0.5) is 5.69 Å². The van der Waals surface area contributed by atoms with Crippen LogP contribution in [0.15, 0.2) is 18.2 Å². The van der Waals surface area contributed by atoms with Gasteiger partial charge in [0.05, 0.1) is 30.1 Å². The molecule has 1 aromatic carbocycles. The topological polar surface area (TPSA) is 84.9 Å². The Hall–Kier alpha value is -1.96. The average Bonchev–Trinajstić information content (AvgIpc) is 2.99. The molecule has 0 bridgehead atoms. The van der Waals surface area contributed by atoms with Gasteiger partial charge < -0.3 is 19.7 Å².